The summed E-state index contributed by atoms with van der Waals surface area (Å²) in [5.74, 6) is 1.43. The number of carbonyl (C=O) groups is 1. The van der Waals surface area contributed by atoms with E-state index in [1.54, 1.807) is 0 Å². The fourth-order valence-electron chi connectivity index (χ4n) is 3.15. The Morgan fingerprint density at radius 3 is 2.88 bits per heavy atom. The van der Waals surface area contributed by atoms with Crippen LogP contribution in [0.15, 0.2) is 29.3 Å². The molecule has 0 radical (unpaired) electrons. The zero-order valence-electron chi connectivity index (χ0n) is 14.0. The van der Waals surface area contributed by atoms with E-state index in [4.69, 9.17) is 5.73 Å². The Kier molecular flexibility index (Phi) is 7.33. The van der Waals surface area contributed by atoms with Crippen molar-refractivity contribution in [2.75, 3.05) is 24.5 Å². The van der Waals surface area contributed by atoms with Crippen molar-refractivity contribution in [3.8, 4) is 0 Å². The average Bonchev–Trinajstić information content (AvgIpc) is 2.94. The Morgan fingerprint density at radius 1 is 1.33 bits per heavy atom. The number of anilines is 1. The van der Waals surface area contributed by atoms with Crippen LogP contribution in [0.5, 0.6) is 0 Å². The third-order valence-corrected chi connectivity index (χ3v) is 4.81. The first kappa shape index (κ1) is 19.0. The van der Waals surface area contributed by atoms with E-state index in [2.05, 4.69) is 16.4 Å². The zero-order valence-corrected chi connectivity index (χ0v) is 16.4. The van der Waals surface area contributed by atoms with Crippen molar-refractivity contribution in [3.05, 3.63) is 29.8 Å². The molecule has 1 saturated carbocycles. The Hall–Kier alpha value is -1.31. The van der Waals surface area contributed by atoms with E-state index in [9.17, 15) is 4.79 Å². The third-order valence-electron chi connectivity index (χ3n) is 4.81. The van der Waals surface area contributed by atoms with Gasteiger partial charge in [-0.05, 0) is 43.2 Å². The number of benzene rings is 1. The lowest BCUT2D eigenvalue weighted by molar-refractivity contribution is -0.118. The number of fused-ring (bicyclic) bond motifs is 1. The van der Waals surface area contributed by atoms with Crippen LogP contribution in [0.3, 0.4) is 0 Å². The molecule has 132 valence electrons. The molecule has 1 aliphatic heterocycles. The number of halogens is 1. The van der Waals surface area contributed by atoms with E-state index >= 15 is 0 Å². The van der Waals surface area contributed by atoms with Crippen molar-refractivity contribution < 1.29 is 4.79 Å². The van der Waals surface area contributed by atoms with Gasteiger partial charge in [0, 0.05) is 31.7 Å². The summed E-state index contributed by atoms with van der Waals surface area (Å²) in [5, 5.41) is 3.11. The molecular weight excluding hydrogens is 415 g/mol. The van der Waals surface area contributed by atoms with Crippen LogP contribution in [0.25, 0.3) is 0 Å². The number of nitrogens with zero attached hydrogens (tertiary/aromatic N) is 2. The van der Waals surface area contributed by atoms with Crippen LogP contribution < -0.4 is 16.0 Å². The third kappa shape index (κ3) is 4.84. The van der Waals surface area contributed by atoms with Crippen LogP contribution in [0.4, 0.5) is 5.69 Å². The normalized spacial score (nSPS) is 17.0. The second-order valence-electron chi connectivity index (χ2n) is 6.48. The van der Waals surface area contributed by atoms with Crippen molar-refractivity contribution in [3.63, 3.8) is 0 Å². The highest BCUT2D eigenvalue weighted by Gasteiger charge is 2.23. The van der Waals surface area contributed by atoms with Gasteiger partial charge in [0.05, 0.1) is 0 Å². The van der Waals surface area contributed by atoms with Crippen LogP contribution in [0.1, 0.15) is 37.7 Å². The van der Waals surface area contributed by atoms with Gasteiger partial charge < -0.3 is 16.0 Å². The van der Waals surface area contributed by atoms with Crippen molar-refractivity contribution in [2.24, 2.45) is 16.6 Å². The number of amides is 1. The predicted octanol–water partition coefficient (Wildman–Crippen LogP) is 2.68. The SMILES string of the molecule is I.NC(=NCC1CCC1)NCCCC(=O)N1CCc2ccccc21. The number of guanidine groups is 1. The van der Waals surface area contributed by atoms with E-state index in [-0.39, 0.29) is 29.9 Å². The standard InChI is InChI=1S/C18H26N4O.HI/c19-18(21-13-14-5-3-6-14)20-11-4-9-17(23)22-12-10-15-7-1-2-8-16(15)22;/h1-2,7-8,14H,3-6,9-13H2,(H3,19,20,21);1H. The molecule has 0 spiro atoms. The first-order valence-electron chi connectivity index (χ1n) is 8.66. The van der Waals surface area contributed by atoms with Crippen LogP contribution >= 0.6 is 24.0 Å². The summed E-state index contributed by atoms with van der Waals surface area (Å²) < 4.78 is 0. The molecule has 3 rings (SSSR count). The van der Waals surface area contributed by atoms with Crippen molar-refractivity contribution in [1.29, 1.82) is 0 Å². The molecule has 1 amide bonds. The number of aliphatic imine (C=N–C) groups is 1. The molecule has 0 bridgehead atoms. The molecule has 5 nitrogen and oxygen atoms in total. The Morgan fingerprint density at radius 2 is 2.12 bits per heavy atom. The molecule has 0 unspecified atom stereocenters. The second kappa shape index (κ2) is 9.25. The summed E-state index contributed by atoms with van der Waals surface area (Å²) in [6.07, 6.45) is 6.16. The minimum Gasteiger partial charge on any atom is -0.370 e. The van der Waals surface area contributed by atoms with E-state index < -0.39 is 0 Å². The Labute approximate surface area is 161 Å². The summed E-state index contributed by atoms with van der Waals surface area (Å²) in [4.78, 5) is 18.6. The highest BCUT2D eigenvalue weighted by Crippen LogP contribution is 2.28. The van der Waals surface area contributed by atoms with E-state index in [1.807, 2.05) is 23.1 Å². The van der Waals surface area contributed by atoms with Crippen LogP contribution in [-0.4, -0.2) is 31.5 Å². The van der Waals surface area contributed by atoms with Gasteiger partial charge in [0.15, 0.2) is 5.96 Å². The van der Waals surface area contributed by atoms with E-state index in [0.717, 1.165) is 37.5 Å². The minimum absolute atomic E-state index is 0. The molecule has 1 aliphatic carbocycles. The molecule has 1 aromatic carbocycles. The smallest absolute Gasteiger partial charge is 0.227 e. The first-order chi connectivity index (χ1) is 11.2. The van der Waals surface area contributed by atoms with Crippen LogP contribution in [0.2, 0.25) is 0 Å². The molecule has 1 heterocycles. The maximum absolute atomic E-state index is 12.4. The van der Waals surface area contributed by atoms with Crippen molar-refractivity contribution in [2.45, 2.75) is 38.5 Å². The number of rotatable bonds is 6. The van der Waals surface area contributed by atoms with Crippen molar-refractivity contribution in [1.82, 2.24) is 5.32 Å². The van der Waals surface area contributed by atoms with E-state index in [1.165, 1.54) is 24.8 Å². The summed E-state index contributed by atoms with van der Waals surface area (Å²) >= 11 is 0. The molecule has 6 heteroatoms. The lowest BCUT2D eigenvalue weighted by Crippen LogP contribution is -2.34. The lowest BCUT2D eigenvalue weighted by Gasteiger charge is -2.23. The van der Waals surface area contributed by atoms with Gasteiger partial charge in [-0.3, -0.25) is 9.79 Å². The van der Waals surface area contributed by atoms with Gasteiger partial charge in [-0.1, -0.05) is 24.6 Å². The maximum atomic E-state index is 12.4. The van der Waals surface area contributed by atoms with E-state index in [0.29, 0.717) is 18.9 Å². The number of para-hydroxylation sites is 1. The second-order valence-corrected chi connectivity index (χ2v) is 6.48. The Bertz CT molecular complexity index is 586. The van der Waals surface area contributed by atoms with Gasteiger partial charge in [-0.25, -0.2) is 0 Å². The van der Waals surface area contributed by atoms with Gasteiger partial charge in [0.1, 0.15) is 0 Å². The summed E-state index contributed by atoms with van der Waals surface area (Å²) in [6, 6.07) is 8.15. The number of hydrogen-bond donors (Lipinski definition) is 2. The molecule has 0 aromatic heterocycles. The largest absolute Gasteiger partial charge is 0.370 e. The predicted molar refractivity (Wildman–Crippen MR) is 109 cm³/mol. The van der Waals surface area contributed by atoms with Crippen LogP contribution in [0, 0.1) is 5.92 Å². The summed E-state index contributed by atoms with van der Waals surface area (Å²) in [7, 11) is 0. The molecule has 2 aliphatic rings. The van der Waals surface area contributed by atoms with Gasteiger partial charge in [0.2, 0.25) is 5.91 Å². The zero-order chi connectivity index (χ0) is 16.1. The number of nitrogens with one attached hydrogen (secondary N) is 1. The van der Waals surface area contributed by atoms with Gasteiger partial charge in [-0.15, -0.1) is 24.0 Å². The fourth-order valence-corrected chi connectivity index (χ4v) is 3.15. The molecular formula is C18H27IN4O. The van der Waals surface area contributed by atoms with Gasteiger partial charge in [0.25, 0.3) is 0 Å². The molecule has 3 N–H and O–H groups in total. The maximum Gasteiger partial charge on any atom is 0.227 e. The van der Waals surface area contributed by atoms with Crippen LogP contribution in [-0.2, 0) is 11.2 Å². The minimum atomic E-state index is 0. The topological polar surface area (TPSA) is 70.7 Å². The Balaban J connectivity index is 0.00000208. The summed E-state index contributed by atoms with van der Waals surface area (Å²) in [5.41, 5.74) is 8.19. The lowest BCUT2D eigenvalue weighted by atomic mass is 9.86. The molecule has 0 atom stereocenters. The molecule has 1 aromatic rings. The number of nitrogens with two attached hydrogens (primary N) is 1. The highest BCUT2D eigenvalue weighted by molar-refractivity contribution is 14.0. The fraction of sp³-hybridized carbons (Fsp3) is 0.556. The molecule has 1 fully saturated rings. The number of hydrogen-bond acceptors (Lipinski definition) is 2. The highest BCUT2D eigenvalue weighted by atomic mass is 127. The number of carbonyl (C=O) groups excluding carboxylic acids is 1. The summed E-state index contributed by atoms with van der Waals surface area (Å²) in [6.45, 7) is 2.33. The first-order valence-corrected chi connectivity index (χ1v) is 8.66. The van der Waals surface area contributed by atoms with Gasteiger partial charge in [-0.2, -0.15) is 0 Å². The monoisotopic (exact) mass is 442 g/mol. The average molecular weight is 442 g/mol. The quantitative estimate of drug-likeness (QED) is 0.308. The van der Waals surface area contributed by atoms with Gasteiger partial charge >= 0.3 is 0 Å². The van der Waals surface area contributed by atoms with Crippen molar-refractivity contribution >= 4 is 41.5 Å². The molecule has 0 saturated heterocycles. The molecule has 24 heavy (non-hydrogen) atoms.